The van der Waals surface area contributed by atoms with Gasteiger partial charge in [-0.25, -0.2) is 0 Å². The van der Waals surface area contributed by atoms with E-state index in [0.29, 0.717) is 16.3 Å². The molecule has 3 N–H and O–H groups in total. The molecule has 1 aromatic rings. The fourth-order valence-electron chi connectivity index (χ4n) is 1.55. The Hall–Kier alpha value is -0.930. The number of benzene rings is 1. The zero-order valence-electron chi connectivity index (χ0n) is 9.89. The van der Waals surface area contributed by atoms with Crippen molar-refractivity contribution >= 4 is 34.8 Å². The summed E-state index contributed by atoms with van der Waals surface area (Å²) in [5, 5.41) is 3.45. The maximum Gasteiger partial charge on any atom is 0.251 e. The molecular formula is C12H16Cl2N2O. The number of halogens is 2. The van der Waals surface area contributed by atoms with Crippen LogP contribution in [-0.4, -0.2) is 11.9 Å². The molecule has 0 saturated carbocycles. The monoisotopic (exact) mass is 274 g/mol. The number of nitrogens with two attached hydrogens (primary N) is 1. The summed E-state index contributed by atoms with van der Waals surface area (Å²) in [6, 6.07) is 3.18. The molecule has 94 valence electrons. The zero-order valence-corrected chi connectivity index (χ0v) is 11.4. The molecule has 17 heavy (non-hydrogen) atoms. The van der Waals surface area contributed by atoms with Gasteiger partial charge in [-0.15, -0.1) is 0 Å². The van der Waals surface area contributed by atoms with Crippen LogP contribution in [0.5, 0.6) is 0 Å². The van der Waals surface area contributed by atoms with Gasteiger partial charge in [0.25, 0.3) is 5.91 Å². The first kappa shape index (κ1) is 14.1. The Morgan fingerprint density at radius 3 is 2.65 bits per heavy atom. The molecule has 0 aliphatic heterocycles. The standard InChI is InChI=1S/C12H16Cl2N2O/c1-3-4-7(2)16-12(17)8-5-9(13)11(14)10(15)6-8/h5-7H,3-4,15H2,1-2H3,(H,16,17). The number of rotatable bonds is 4. The Morgan fingerprint density at radius 2 is 2.12 bits per heavy atom. The predicted octanol–water partition coefficient (Wildman–Crippen LogP) is 3.49. The van der Waals surface area contributed by atoms with Gasteiger partial charge >= 0.3 is 0 Å². The summed E-state index contributed by atoms with van der Waals surface area (Å²) in [7, 11) is 0. The average molecular weight is 275 g/mol. The van der Waals surface area contributed by atoms with E-state index in [1.54, 1.807) is 0 Å². The molecule has 0 fully saturated rings. The summed E-state index contributed by atoms with van der Waals surface area (Å²) in [5.41, 5.74) is 6.40. The summed E-state index contributed by atoms with van der Waals surface area (Å²) in [6.45, 7) is 4.03. The molecule has 3 nitrogen and oxygen atoms in total. The fraction of sp³-hybridized carbons (Fsp3) is 0.417. The summed E-state index contributed by atoms with van der Waals surface area (Å²) in [5.74, 6) is -0.184. The van der Waals surface area contributed by atoms with Crippen molar-refractivity contribution < 1.29 is 4.79 Å². The lowest BCUT2D eigenvalue weighted by atomic mass is 10.1. The third kappa shape index (κ3) is 3.79. The third-order valence-corrected chi connectivity index (χ3v) is 3.23. The lowest BCUT2D eigenvalue weighted by molar-refractivity contribution is 0.0938. The molecule has 0 heterocycles. The maximum atomic E-state index is 11.9. The van der Waals surface area contributed by atoms with Gasteiger partial charge in [-0.1, -0.05) is 36.5 Å². The summed E-state index contributed by atoms with van der Waals surface area (Å²) in [4.78, 5) is 11.9. The van der Waals surface area contributed by atoms with Gasteiger partial charge in [0.05, 0.1) is 15.7 Å². The first-order valence-corrected chi connectivity index (χ1v) is 6.26. The van der Waals surface area contributed by atoms with Gasteiger partial charge in [-0.2, -0.15) is 0 Å². The van der Waals surface area contributed by atoms with Gasteiger partial charge in [-0.3, -0.25) is 4.79 Å². The maximum absolute atomic E-state index is 11.9. The highest BCUT2D eigenvalue weighted by molar-refractivity contribution is 6.43. The van der Waals surface area contributed by atoms with Crippen molar-refractivity contribution in [2.75, 3.05) is 5.73 Å². The van der Waals surface area contributed by atoms with Crippen molar-refractivity contribution in [2.45, 2.75) is 32.7 Å². The molecule has 0 aromatic heterocycles. The van der Waals surface area contributed by atoms with Crippen LogP contribution in [0.3, 0.4) is 0 Å². The van der Waals surface area contributed by atoms with Crippen LogP contribution in [0.15, 0.2) is 12.1 Å². The van der Waals surface area contributed by atoms with Crippen molar-refractivity contribution in [1.82, 2.24) is 5.32 Å². The van der Waals surface area contributed by atoms with Crippen LogP contribution < -0.4 is 11.1 Å². The van der Waals surface area contributed by atoms with Gasteiger partial charge in [0.2, 0.25) is 0 Å². The largest absolute Gasteiger partial charge is 0.397 e. The van der Waals surface area contributed by atoms with E-state index in [4.69, 9.17) is 28.9 Å². The lowest BCUT2D eigenvalue weighted by Gasteiger charge is -2.13. The Morgan fingerprint density at radius 1 is 1.47 bits per heavy atom. The summed E-state index contributed by atoms with van der Waals surface area (Å²) in [6.07, 6.45) is 1.95. The SMILES string of the molecule is CCCC(C)NC(=O)c1cc(N)c(Cl)c(Cl)c1. The quantitative estimate of drug-likeness (QED) is 0.826. The molecule has 1 amide bonds. The van der Waals surface area contributed by atoms with E-state index >= 15 is 0 Å². The fourth-order valence-corrected chi connectivity index (χ4v) is 1.89. The van der Waals surface area contributed by atoms with E-state index < -0.39 is 0 Å². The smallest absolute Gasteiger partial charge is 0.251 e. The molecular weight excluding hydrogens is 259 g/mol. The van der Waals surface area contributed by atoms with E-state index in [9.17, 15) is 4.79 Å². The predicted molar refractivity (Wildman–Crippen MR) is 72.7 cm³/mol. The minimum atomic E-state index is -0.184. The number of nitrogens with one attached hydrogen (secondary N) is 1. The Balaban J connectivity index is 2.83. The van der Waals surface area contributed by atoms with Crippen molar-refractivity contribution in [3.05, 3.63) is 27.7 Å². The zero-order chi connectivity index (χ0) is 13.0. The molecule has 1 aromatic carbocycles. The van der Waals surface area contributed by atoms with E-state index in [0.717, 1.165) is 12.8 Å². The van der Waals surface area contributed by atoms with E-state index in [1.165, 1.54) is 12.1 Å². The van der Waals surface area contributed by atoms with Crippen LogP contribution in [0, 0.1) is 0 Å². The van der Waals surface area contributed by atoms with Gasteiger partial charge in [0.1, 0.15) is 0 Å². The Bertz CT molecular complexity index is 398. The van der Waals surface area contributed by atoms with Crippen LogP contribution in [0.2, 0.25) is 10.0 Å². The second-order valence-electron chi connectivity index (χ2n) is 4.02. The van der Waals surface area contributed by atoms with Crippen LogP contribution in [0.25, 0.3) is 0 Å². The van der Waals surface area contributed by atoms with Gasteiger partial charge in [-0.05, 0) is 25.5 Å². The minimum absolute atomic E-state index is 0.128. The van der Waals surface area contributed by atoms with Gasteiger partial charge in [0.15, 0.2) is 0 Å². The highest BCUT2D eigenvalue weighted by Crippen LogP contribution is 2.29. The number of hydrogen-bond donors (Lipinski definition) is 2. The lowest BCUT2D eigenvalue weighted by Crippen LogP contribution is -2.32. The Labute approximate surface area is 111 Å². The van der Waals surface area contributed by atoms with Crippen molar-refractivity contribution in [1.29, 1.82) is 0 Å². The molecule has 0 aliphatic carbocycles. The normalized spacial score (nSPS) is 12.2. The van der Waals surface area contributed by atoms with Crippen molar-refractivity contribution in [2.24, 2.45) is 0 Å². The second kappa shape index (κ2) is 6.12. The van der Waals surface area contributed by atoms with Crippen molar-refractivity contribution in [3.8, 4) is 0 Å². The molecule has 1 unspecified atom stereocenters. The van der Waals surface area contributed by atoms with Crippen LogP contribution in [0.1, 0.15) is 37.0 Å². The number of hydrogen-bond acceptors (Lipinski definition) is 2. The Kier molecular flexibility index (Phi) is 5.09. The first-order valence-electron chi connectivity index (χ1n) is 5.51. The highest BCUT2D eigenvalue weighted by Gasteiger charge is 2.12. The molecule has 1 rings (SSSR count). The average Bonchev–Trinajstić information content (AvgIpc) is 2.25. The number of carbonyl (C=O) groups excluding carboxylic acids is 1. The first-order chi connectivity index (χ1) is 7.95. The molecule has 0 bridgehead atoms. The van der Waals surface area contributed by atoms with E-state index in [-0.39, 0.29) is 17.0 Å². The molecule has 0 radical (unpaired) electrons. The van der Waals surface area contributed by atoms with Crippen LogP contribution in [0.4, 0.5) is 5.69 Å². The third-order valence-electron chi connectivity index (χ3n) is 2.42. The number of amides is 1. The van der Waals surface area contributed by atoms with Crippen molar-refractivity contribution in [3.63, 3.8) is 0 Å². The number of carbonyl (C=O) groups is 1. The summed E-state index contributed by atoms with van der Waals surface area (Å²) < 4.78 is 0. The van der Waals surface area contributed by atoms with Crippen LogP contribution in [-0.2, 0) is 0 Å². The molecule has 0 spiro atoms. The number of nitrogen functional groups attached to an aromatic ring is 1. The van der Waals surface area contributed by atoms with Crippen LogP contribution >= 0.6 is 23.2 Å². The number of anilines is 1. The summed E-state index contributed by atoms with van der Waals surface area (Å²) >= 11 is 11.7. The van der Waals surface area contributed by atoms with E-state index in [2.05, 4.69) is 12.2 Å². The topological polar surface area (TPSA) is 55.1 Å². The highest BCUT2D eigenvalue weighted by atomic mass is 35.5. The molecule has 0 saturated heterocycles. The molecule has 1 atom stereocenters. The minimum Gasteiger partial charge on any atom is -0.397 e. The second-order valence-corrected chi connectivity index (χ2v) is 4.81. The van der Waals surface area contributed by atoms with Gasteiger partial charge < -0.3 is 11.1 Å². The van der Waals surface area contributed by atoms with Gasteiger partial charge in [0, 0.05) is 11.6 Å². The van der Waals surface area contributed by atoms with E-state index in [1.807, 2.05) is 6.92 Å². The molecule has 5 heteroatoms. The molecule has 0 aliphatic rings.